The fourth-order valence-electron chi connectivity index (χ4n) is 2.11. The summed E-state index contributed by atoms with van der Waals surface area (Å²) in [5.41, 5.74) is 3.65. The second kappa shape index (κ2) is 6.67. The largest absolute Gasteiger partial charge is 0.322 e. The van der Waals surface area contributed by atoms with E-state index in [2.05, 4.69) is 5.32 Å². The Balaban J connectivity index is 2.03. The van der Waals surface area contributed by atoms with E-state index in [1.165, 1.54) is 18.2 Å². The average molecular weight is 296 g/mol. The molecule has 0 heterocycles. The predicted molar refractivity (Wildman–Crippen MR) is 86.7 cm³/mol. The molecule has 112 valence electrons. The number of rotatable bonds is 4. The van der Waals surface area contributed by atoms with Crippen LogP contribution >= 0.6 is 0 Å². The van der Waals surface area contributed by atoms with Crippen LogP contribution in [0.4, 0.5) is 11.4 Å². The molecule has 0 fully saturated rings. The summed E-state index contributed by atoms with van der Waals surface area (Å²) in [5, 5.41) is 13.3. The zero-order valence-electron chi connectivity index (χ0n) is 12.4. The lowest BCUT2D eigenvalue weighted by molar-refractivity contribution is -0.384. The number of aryl methyl sites for hydroxylation is 2. The van der Waals surface area contributed by atoms with Crippen molar-refractivity contribution in [1.29, 1.82) is 0 Å². The lowest BCUT2D eigenvalue weighted by Gasteiger charge is -2.05. The van der Waals surface area contributed by atoms with E-state index in [4.69, 9.17) is 0 Å². The monoisotopic (exact) mass is 296 g/mol. The predicted octanol–water partition coefficient (Wildman–Crippen LogP) is 3.86. The summed E-state index contributed by atoms with van der Waals surface area (Å²) in [4.78, 5) is 22.0. The molecule has 0 atom stereocenters. The van der Waals surface area contributed by atoms with Crippen LogP contribution in [0.15, 0.2) is 48.5 Å². The van der Waals surface area contributed by atoms with Gasteiger partial charge in [0.1, 0.15) is 0 Å². The Morgan fingerprint density at radius 1 is 1.09 bits per heavy atom. The maximum Gasteiger partial charge on any atom is 0.269 e. The smallest absolute Gasteiger partial charge is 0.269 e. The number of non-ortho nitro benzene ring substituents is 1. The van der Waals surface area contributed by atoms with E-state index in [1.54, 1.807) is 18.2 Å². The second-order valence-electron chi connectivity index (χ2n) is 5.05. The van der Waals surface area contributed by atoms with Crippen LogP contribution in [0.25, 0.3) is 6.08 Å². The van der Waals surface area contributed by atoms with Crippen molar-refractivity contribution >= 4 is 23.4 Å². The van der Waals surface area contributed by atoms with Gasteiger partial charge in [-0.25, -0.2) is 0 Å². The summed E-state index contributed by atoms with van der Waals surface area (Å²) < 4.78 is 0. The minimum Gasteiger partial charge on any atom is -0.322 e. The van der Waals surface area contributed by atoms with Crippen molar-refractivity contribution in [3.8, 4) is 0 Å². The van der Waals surface area contributed by atoms with Crippen molar-refractivity contribution in [2.75, 3.05) is 5.32 Å². The zero-order valence-corrected chi connectivity index (χ0v) is 12.4. The van der Waals surface area contributed by atoms with Crippen LogP contribution in [0.5, 0.6) is 0 Å². The van der Waals surface area contributed by atoms with Gasteiger partial charge in [-0.2, -0.15) is 0 Å². The van der Waals surface area contributed by atoms with Crippen LogP contribution < -0.4 is 5.32 Å². The summed E-state index contributed by atoms with van der Waals surface area (Å²) in [7, 11) is 0. The molecule has 0 spiro atoms. The topological polar surface area (TPSA) is 72.2 Å². The highest BCUT2D eigenvalue weighted by atomic mass is 16.6. The van der Waals surface area contributed by atoms with Crippen LogP contribution in [-0.2, 0) is 4.79 Å². The molecular formula is C17H16N2O3. The maximum absolute atomic E-state index is 11.9. The zero-order chi connectivity index (χ0) is 16.1. The Bertz CT molecular complexity index is 714. The quantitative estimate of drug-likeness (QED) is 0.529. The lowest BCUT2D eigenvalue weighted by Crippen LogP contribution is -2.08. The molecule has 22 heavy (non-hydrogen) atoms. The molecule has 0 radical (unpaired) electrons. The number of carbonyl (C=O) groups is 1. The van der Waals surface area contributed by atoms with Crippen LogP contribution in [0, 0.1) is 24.0 Å². The molecule has 0 unspecified atom stereocenters. The minimum atomic E-state index is -0.458. The first kappa shape index (κ1) is 15.4. The molecule has 5 heteroatoms. The molecule has 2 rings (SSSR count). The molecule has 0 aliphatic rings. The molecule has 0 saturated heterocycles. The van der Waals surface area contributed by atoms with E-state index >= 15 is 0 Å². The van der Waals surface area contributed by atoms with E-state index in [0.717, 1.165) is 22.4 Å². The molecule has 2 aromatic carbocycles. The van der Waals surface area contributed by atoms with Crippen molar-refractivity contribution in [3.05, 3.63) is 75.3 Å². The van der Waals surface area contributed by atoms with Gasteiger partial charge in [0.05, 0.1) is 4.92 Å². The Morgan fingerprint density at radius 2 is 1.68 bits per heavy atom. The van der Waals surface area contributed by atoms with Gasteiger partial charge in [0.2, 0.25) is 5.91 Å². The number of anilines is 1. The Hall–Kier alpha value is -2.95. The fraction of sp³-hybridized carbons (Fsp3) is 0.118. The van der Waals surface area contributed by atoms with Crippen molar-refractivity contribution in [3.63, 3.8) is 0 Å². The maximum atomic E-state index is 11.9. The van der Waals surface area contributed by atoms with Gasteiger partial charge in [-0.1, -0.05) is 6.07 Å². The van der Waals surface area contributed by atoms with Crippen LogP contribution in [-0.4, -0.2) is 10.8 Å². The van der Waals surface area contributed by atoms with E-state index in [9.17, 15) is 14.9 Å². The van der Waals surface area contributed by atoms with Gasteiger partial charge >= 0.3 is 0 Å². The van der Waals surface area contributed by atoms with Crippen molar-refractivity contribution in [2.45, 2.75) is 13.8 Å². The molecule has 1 N–H and O–H groups in total. The average Bonchev–Trinajstić information content (AvgIpc) is 2.44. The van der Waals surface area contributed by atoms with Crippen molar-refractivity contribution in [1.82, 2.24) is 0 Å². The molecule has 0 aliphatic carbocycles. The summed E-state index contributed by atoms with van der Waals surface area (Å²) in [6.07, 6.45) is 3.01. The van der Waals surface area contributed by atoms with Gasteiger partial charge < -0.3 is 5.32 Å². The molecule has 1 amide bonds. The van der Waals surface area contributed by atoms with Gasteiger partial charge in [0, 0.05) is 23.9 Å². The normalized spacial score (nSPS) is 10.6. The third kappa shape index (κ3) is 4.28. The first-order valence-corrected chi connectivity index (χ1v) is 6.76. The first-order valence-electron chi connectivity index (χ1n) is 6.76. The van der Waals surface area contributed by atoms with E-state index in [1.807, 2.05) is 32.0 Å². The number of carbonyl (C=O) groups excluding carboxylic acids is 1. The Morgan fingerprint density at radius 3 is 2.23 bits per heavy atom. The van der Waals surface area contributed by atoms with Gasteiger partial charge in [-0.05, 0) is 60.9 Å². The summed E-state index contributed by atoms with van der Waals surface area (Å²) in [6.45, 7) is 3.94. The Labute approximate surface area is 128 Å². The number of nitrogens with zero attached hydrogens (tertiary/aromatic N) is 1. The number of benzene rings is 2. The number of amides is 1. The third-order valence-corrected chi connectivity index (χ3v) is 3.02. The lowest BCUT2D eigenvalue weighted by atomic mass is 10.1. The van der Waals surface area contributed by atoms with Crippen molar-refractivity contribution < 1.29 is 9.72 Å². The van der Waals surface area contributed by atoms with Crippen molar-refractivity contribution in [2.24, 2.45) is 0 Å². The van der Waals surface area contributed by atoms with Crippen LogP contribution in [0.1, 0.15) is 16.7 Å². The summed E-state index contributed by atoms with van der Waals surface area (Å²) in [5.74, 6) is -0.247. The number of hydrogen-bond donors (Lipinski definition) is 1. The number of hydrogen-bond acceptors (Lipinski definition) is 3. The Kier molecular flexibility index (Phi) is 4.68. The molecule has 2 aromatic rings. The highest BCUT2D eigenvalue weighted by Crippen LogP contribution is 2.15. The minimum absolute atomic E-state index is 0.0248. The van der Waals surface area contributed by atoms with E-state index in [-0.39, 0.29) is 11.6 Å². The third-order valence-electron chi connectivity index (χ3n) is 3.02. The highest BCUT2D eigenvalue weighted by molar-refractivity contribution is 6.02. The van der Waals surface area contributed by atoms with Gasteiger partial charge in [0.25, 0.3) is 5.69 Å². The molecular weight excluding hydrogens is 280 g/mol. The fourth-order valence-corrected chi connectivity index (χ4v) is 2.11. The van der Waals surface area contributed by atoms with E-state index < -0.39 is 4.92 Å². The molecule has 0 bridgehead atoms. The number of nitro groups is 1. The number of nitro benzene ring substituents is 1. The highest BCUT2D eigenvalue weighted by Gasteiger charge is 2.03. The van der Waals surface area contributed by atoms with E-state index in [0.29, 0.717) is 0 Å². The van der Waals surface area contributed by atoms with Gasteiger partial charge in [0.15, 0.2) is 0 Å². The SMILES string of the molecule is Cc1cc(C)cc(NC(=O)C=Cc2ccc([N+](=O)[O-])cc2)c1. The molecule has 5 nitrogen and oxygen atoms in total. The first-order chi connectivity index (χ1) is 10.4. The van der Waals surface area contributed by atoms with Gasteiger partial charge in [-0.15, -0.1) is 0 Å². The second-order valence-corrected chi connectivity index (χ2v) is 5.05. The van der Waals surface area contributed by atoms with Gasteiger partial charge in [-0.3, -0.25) is 14.9 Å². The molecule has 0 aliphatic heterocycles. The van der Waals surface area contributed by atoms with Crippen LogP contribution in [0.2, 0.25) is 0 Å². The summed E-state index contributed by atoms with van der Waals surface area (Å²) in [6, 6.07) is 11.8. The summed E-state index contributed by atoms with van der Waals surface area (Å²) >= 11 is 0. The number of nitrogens with one attached hydrogen (secondary N) is 1. The van der Waals surface area contributed by atoms with Crippen LogP contribution in [0.3, 0.4) is 0 Å². The molecule has 0 saturated carbocycles. The molecule has 0 aromatic heterocycles. The standard InChI is InChI=1S/C17H16N2O3/c1-12-9-13(2)11-15(10-12)18-17(20)8-5-14-3-6-16(7-4-14)19(21)22/h3-11H,1-2H3,(H,18,20).